The summed E-state index contributed by atoms with van der Waals surface area (Å²) in [7, 11) is 0. The SMILES string of the molecule is O=C(NC1CCCCC1CBr)C1CC2CCC1C2. The third kappa shape index (κ3) is 2.48. The van der Waals surface area contributed by atoms with Crippen molar-refractivity contribution < 1.29 is 4.79 Å². The second kappa shape index (κ2) is 5.52. The van der Waals surface area contributed by atoms with Crippen LogP contribution in [0.5, 0.6) is 0 Å². The summed E-state index contributed by atoms with van der Waals surface area (Å²) in [4.78, 5) is 12.4. The van der Waals surface area contributed by atoms with Crippen LogP contribution >= 0.6 is 15.9 Å². The van der Waals surface area contributed by atoms with Gasteiger partial charge in [-0.2, -0.15) is 0 Å². The number of carbonyl (C=O) groups is 1. The Balaban J connectivity index is 1.56. The zero-order valence-corrected chi connectivity index (χ0v) is 12.6. The monoisotopic (exact) mass is 313 g/mol. The Kier molecular flexibility index (Phi) is 3.97. The van der Waals surface area contributed by atoms with E-state index in [2.05, 4.69) is 21.2 Å². The number of carbonyl (C=O) groups excluding carboxylic acids is 1. The summed E-state index contributed by atoms with van der Waals surface area (Å²) < 4.78 is 0. The number of amides is 1. The number of hydrogen-bond acceptors (Lipinski definition) is 1. The summed E-state index contributed by atoms with van der Waals surface area (Å²) in [6, 6.07) is 0.435. The van der Waals surface area contributed by atoms with Gasteiger partial charge in [-0.1, -0.05) is 35.2 Å². The number of halogens is 1. The quantitative estimate of drug-likeness (QED) is 0.794. The van der Waals surface area contributed by atoms with Crippen LogP contribution in [0.4, 0.5) is 0 Å². The average Bonchev–Trinajstić information content (AvgIpc) is 3.01. The molecule has 0 aromatic rings. The van der Waals surface area contributed by atoms with Gasteiger partial charge >= 0.3 is 0 Å². The minimum Gasteiger partial charge on any atom is -0.353 e. The lowest BCUT2D eigenvalue weighted by Crippen LogP contribution is -2.46. The van der Waals surface area contributed by atoms with Crippen LogP contribution in [0.1, 0.15) is 51.4 Å². The predicted molar refractivity (Wildman–Crippen MR) is 76.6 cm³/mol. The Morgan fingerprint density at radius 3 is 2.61 bits per heavy atom. The Morgan fingerprint density at radius 1 is 1.11 bits per heavy atom. The van der Waals surface area contributed by atoms with Gasteiger partial charge in [0, 0.05) is 17.3 Å². The molecule has 0 radical (unpaired) electrons. The molecule has 102 valence electrons. The van der Waals surface area contributed by atoms with Gasteiger partial charge < -0.3 is 5.32 Å². The lowest BCUT2D eigenvalue weighted by molar-refractivity contribution is -0.127. The number of fused-ring (bicyclic) bond motifs is 2. The standard InChI is InChI=1S/C15H24BrNO/c16-9-12-3-1-2-4-14(12)17-15(18)13-8-10-5-6-11(13)7-10/h10-14H,1-9H2,(H,17,18). The van der Waals surface area contributed by atoms with E-state index in [0.29, 0.717) is 29.7 Å². The number of nitrogens with one attached hydrogen (secondary N) is 1. The van der Waals surface area contributed by atoms with Crippen LogP contribution in [0.3, 0.4) is 0 Å². The van der Waals surface area contributed by atoms with Crippen molar-refractivity contribution in [2.75, 3.05) is 5.33 Å². The Bertz CT molecular complexity index is 320. The maximum atomic E-state index is 12.4. The molecule has 2 nitrogen and oxygen atoms in total. The molecule has 0 heterocycles. The minimum absolute atomic E-state index is 0.349. The van der Waals surface area contributed by atoms with Gasteiger partial charge in [-0.15, -0.1) is 0 Å². The highest BCUT2D eigenvalue weighted by Gasteiger charge is 2.43. The third-order valence-corrected chi connectivity index (χ3v) is 6.34. The fourth-order valence-corrected chi connectivity index (χ4v) is 5.21. The van der Waals surface area contributed by atoms with E-state index >= 15 is 0 Å². The molecule has 3 fully saturated rings. The van der Waals surface area contributed by atoms with E-state index in [0.717, 1.165) is 11.2 Å². The van der Waals surface area contributed by atoms with Crippen LogP contribution in [0.2, 0.25) is 0 Å². The highest BCUT2D eigenvalue weighted by atomic mass is 79.9. The highest BCUT2D eigenvalue weighted by molar-refractivity contribution is 9.09. The Hall–Kier alpha value is -0.0500. The molecule has 0 saturated heterocycles. The van der Waals surface area contributed by atoms with E-state index in [1.54, 1.807) is 0 Å². The molecule has 3 rings (SSSR count). The summed E-state index contributed by atoms with van der Waals surface area (Å²) in [5.41, 5.74) is 0. The molecule has 1 N–H and O–H groups in total. The number of alkyl halides is 1. The lowest BCUT2D eigenvalue weighted by Gasteiger charge is -2.33. The van der Waals surface area contributed by atoms with Crippen LogP contribution in [0.15, 0.2) is 0 Å². The van der Waals surface area contributed by atoms with E-state index in [1.807, 2.05) is 0 Å². The predicted octanol–water partition coefficient (Wildman–Crippen LogP) is 3.49. The van der Waals surface area contributed by atoms with Crippen molar-refractivity contribution in [3.63, 3.8) is 0 Å². The van der Waals surface area contributed by atoms with Crippen molar-refractivity contribution in [2.24, 2.45) is 23.7 Å². The number of rotatable bonds is 3. The van der Waals surface area contributed by atoms with Gasteiger partial charge in [0.15, 0.2) is 0 Å². The first-order valence-corrected chi connectivity index (χ1v) is 8.76. The first-order chi connectivity index (χ1) is 8.78. The van der Waals surface area contributed by atoms with Gasteiger partial charge in [0.25, 0.3) is 0 Å². The van der Waals surface area contributed by atoms with Gasteiger partial charge in [0.1, 0.15) is 0 Å². The number of hydrogen-bond donors (Lipinski definition) is 1. The molecule has 3 aliphatic rings. The van der Waals surface area contributed by atoms with Crippen molar-refractivity contribution in [2.45, 2.75) is 57.4 Å². The maximum absolute atomic E-state index is 12.4. The molecular weight excluding hydrogens is 290 g/mol. The minimum atomic E-state index is 0.349. The molecule has 5 atom stereocenters. The fraction of sp³-hybridized carbons (Fsp3) is 0.933. The van der Waals surface area contributed by atoms with Crippen molar-refractivity contribution in [3.05, 3.63) is 0 Å². The zero-order valence-electron chi connectivity index (χ0n) is 11.0. The van der Waals surface area contributed by atoms with E-state index in [-0.39, 0.29) is 0 Å². The summed E-state index contributed by atoms with van der Waals surface area (Å²) in [5, 5.41) is 4.41. The van der Waals surface area contributed by atoms with Crippen LogP contribution in [0, 0.1) is 23.7 Å². The summed E-state index contributed by atoms with van der Waals surface area (Å²) in [6.07, 6.45) is 10.2. The van der Waals surface area contributed by atoms with Gasteiger partial charge in [0.05, 0.1) is 0 Å². The van der Waals surface area contributed by atoms with Gasteiger partial charge in [0.2, 0.25) is 5.91 Å². The summed E-state index contributed by atoms with van der Waals surface area (Å²) >= 11 is 3.61. The second-order valence-electron chi connectivity index (χ2n) is 6.60. The maximum Gasteiger partial charge on any atom is 0.223 e. The molecule has 3 heteroatoms. The zero-order chi connectivity index (χ0) is 12.5. The van der Waals surface area contributed by atoms with E-state index in [4.69, 9.17) is 0 Å². The average molecular weight is 314 g/mol. The molecule has 2 bridgehead atoms. The summed E-state index contributed by atoms with van der Waals surface area (Å²) in [6.45, 7) is 0. The first kappa shape index (κ1) is 13.0. The topological polar surface area (TPSA) is 29.1 Å². The second-order valence-corrected chi connectivity index (χ2v) is 7.24. The van der Waals surface area contributed by atoms with Crippen molar-refractivity contribution >= 4 is 21.8 Å². The molecule has 0 aromatic heterocycles. The molecule has 5 unspecified atom stereocenters. The van der Waals surface area contributed by atoms with Crippen molar-refractivity contribution in [1.82, 2.24) is 5.32 Å². The Morgan fingerprint density at radius 2 is 1.94 bits per heavy atom. The van der Waals surface area contributed by atoms with E-state index in [9.17, 15) is 4.79 Å². The molecule has 3 saturated carbocycles. The molecule has 0 spiro atoms. The Labute approximate surface area is 118 Å². The fourth-order valence-electron chi connectivity index (χ4n) is 4.44. The molecular formula is C15H24BrNO. The van der Waals surface area contributed by atoms with Gasteiger partial charge in [-0.3, -0.25) is 4.79 Å². The third-order valence-electron chi connectivity index (χ3n) is 5.51. The largest absolute Gasteiger partial charge is 0.353 e. The smallest absolute Gasteiger partial charge is 0.223 e. The summed E-state index contributed by atoms with van der Waals surface area (Å²) in [5.74, 6) is 2.95. The molecule has 18 heavy (non-hydrogen) atoms. The first-order valence-electron chi connectivity index (χ1n) is 7.64. The molecule has 1 amide bonds. The van der Waals surface area contributed by atoms with Crippen molar-refractivity contribution in [3.8, 4) is 0 Å². The molecule has 0 aromatic carbocycles. The van der Waals surface area contributed by atoms with Crippen LogP contribution in [-0.4, -0.2) is 17.3 Å². The normalized spacial score (nSPS) is 43.1. The van der Waals surface area contributed by atoms with E-state index < -0.39 is 0 Å². The molecule has 3 aliphatic carbocycles. The van der Waals surface area contributed by atoms with E-state index in [1.165, 1.54) is 51.4 Å². The van der Waals surface area contributed by atoms with Crippen LogP contribution < -0.4 is 5.32 Å². The van der Waals surface area contributed by atoms with Gasteiger partial charge in [-0.25, -0.2) is 0 Å². The lowest BCUT2D eigenvalue weighted by atomic mass is 9.84. The van der Waals surface area contributed by atoms with Crippen molar-refractivity contribution in [1.29, 1.82) is 0 Å². The molecule has 0 aliphatic heterocycles. The van der Waals surface area contributed by atoms with Gasteiger partial charge in [-0.05, 0) is 49.9 Å². The highest BCUT2D eigenvalue weighted by Crippen LogP contribution is 2.48. The van der Waals surface area contributed by atoms with Crippen LogP contribution in [0.25, 0.3) is 0 Å². The van der Waals surface area contributed by atoms with Crippen LogP contribution in [-0.2, 0) is 4.79 Å².